The third-order valence-corrected chi connectivity index (χ3v) is 5.28. The van der Waals surface area contributed by atoms with E-state index in [1.165, 1.54) is 0 Å². The first-order valence-corrected chi connectivity index (χ1v) is 10.5. The first-order chi connectivity index (χ1) is 14.7. The van der Waals surface area contributed by atoms with Crippen LogP contribution in [0, 0.1) is 0 Å². The molecule has 0 bridgehead atoms. The Bertz CT molecular complexity index is 922. The van der Waals surface area contributed by atoms with Gasteiger partial charge in [0.15, 0.2) is 5.58 Å². The Morgan fingerprint density at radius 2 is 1.87 bits per heavy atom. The number of nitrogens with two attached hydrogens (primary N) is 1. The van der Waals surface area contributed by atoms with Crippen LogP contribution < -0.4 is 20.5 Å². The van der Waals surface area contributed by atoms with Crippen molar-refractivity contribution in [2.45, 2.75) is 39.3 Å². The molecule has 1 aliphatic heterocycles. The maximum atomic E-state index is 6.19. The Kier molecular flexibility index (Phi) is 6.23. The van der Waals surface area contributed by atoms with Crippen molar-refractivity contribution in [3.63, 3.8) is 0 Å². The molecular formula is C22H29N5O3. The lowest BCUT2D eigenvalue weighted by Crippen LogP contribution is -2.38. The summed E-state index contributed by atoms with van der Waals surface area (Å²) in [7, 11) is 0. The Labute approximate surface area is 176 Å². The summed E-state index contributed by atoms with van der Waals surface area (Å²) < 4.78 is 17.2. The van der Waals surface area contributed by atoms with Crippen LogP contribution in [0.15, 0.2) is 35.0 Å². The van der Waals surface area contributed by atoms with Crippen LogP contribution in [-0.4, -0.2) is 47.2 Å². The van der Waals surface area contributed by atoms with Gasteiger partial charge in [0.1, 0.15) is 22.7 Å². The summed E-state index contributed by atoms with van der Waals surface area (Å²) >= 11 is 0. The molecule has 8 nitrogen and oxygen atoms in total. The van der Waals surface area contributed by atoms with Crippen molar-refractivity contribution in [2.75, 3.05) is 37.4 Å². The molecule has 4 rings (SSSR count). The minimum Gasteiger partial charge on any atom is -0.492 e. The number of anilines is 2. The molecule has 8 heteroatoms. The van der Waals surface area contributed by atoms with Crippen molar-refractivity contribution >= 4 is 22.8 Å². The van der Waals surface area contributed by atoms with Crippen molar-refractivity contribution in [1.29, 1.82) is 0 Å². The molecule has 0 unspecified atom stereocenters. The van der Waals surface area contributed by atoms with E-state index >= 15 is 0 Å². The van der Waals surface area contributed by atoms with Crippen molar-refractivity contribution in [3.8, 4) is 11.5 Å². The molecule has 0 saturated carbocycles. The number of ether oxygens (including phenoxy) is 2. The van der Waals surface area contributed by atoms with Gasteiger partial charge < -0.3 is 24.9 Å². The minimum atomic E-state index is 0.340. The smallest absolute Gasteiger partial charge is 0.295 e. The lowest BCUT2D eigenvalue weighted by Gasteiger charge is -2.32. The maximum Gasteiger partial charge on any atom is 0.295 e. The molecule has 0 amide bonds. The number of benzene rings is 1. The van der Waals surface area contributed by atoms with Crippen molar-refractivity contribution < 1.29 is 13.9 Å². The van der Waals surface area contributed by atoms with E-state index in [0.29, 0.717) is 48.0 Å². The molecule has 2 aromatic heterocycles. The van der Waals surface area contributed by atoms with E-state index in [4.69, 9.17) is 19.6 Å². The molecule has 0 aliphatic carbocycles. The predicted octanol–water partition coefficient (Wildman–Crippen LogP) is 3.68. The molecule has 160 valence electrons. The van der Waals surface area contributed by atoms with Gasteiger partial charge in [0.05, 0.1) is 19.4 Å². The largest absolute Gasteiger partial charge is 0.492 e. The summed E-state index contributed by atoms with van der Waals surface area (Å²) in [6.45, 7) is 7.86. The zero-order chi connectivity index (χ0) is 20.9. The van der Waals surface area contributed by atoms with E-state index in [9.17, 15) is 0 Å². The number of hydrogen-bond acceptors (Lipinski definition) is 8. The van der Waals surface area contributed by atoms with Gasteiger partial charge in [0, 0.05) is 31.9 Å². The maximum absolute atomic E-state index is 6.19. The van der Waals surface area contributed by atoms with Gasteiger partial charge in [-0.05, 0) is 50.5 Å². The molecule has 3 N–H and O–H groups in total. The van der Waals surface area contributed by atoms with Crippen LogP contribution in [0.25, 0.3) is 11.1 Å². The first-order valence-electron chi connectivity index (χ1n) is 10.5. The van der Waals surface area contributed by atoms with Gasteiger partial charge in [-0.25, -0.2) is 0 Å². The number of nitrogen functional groups attached to an aromatic ring is 1. The van der Waals surface area contributed by atoms with Gasteiger partial charge in [-0.3, -0.25) is 9.88 Å². The summed E-state index contributed by atoms with van der Waals surface area (Å²) in [5.74, 6) is 1.39. The number of fused-ring (bicyclic) bond motifs is 1. The molecule has 3 aromatic rings. The number of oxazole rings is 1. The van der Waals surface area contributed by atoms with Crippen LogP contribution in [0.3, 0.4) is 0 Å². The monoisotopic (exact) mass is 411 g/mol. The molecule has 0 spiro atoms. The second-order valence-electron chi connectivity index (χ2n) is 7.43. The Hall–Kier alpha value is -3.00. The summed E-state index contributed by atoms with van der Waals surface area (Å²) in [6, 6.07) is 6.81. The molecule has 3 heterocycles. The van der Waals surface area contributed by atoms with E-state index in [-0.39, 0.29) is 0 Å². The van der Waals surface area contributed by atoms with Gasteiger partial charge in [-0.15, -0.1) is 0 Å². The van der Waals surface area contributed by atoms with Crippen molar-refractivity contribution in [3.05, 3.63) is 36.2 Å². The highest BCUT2D eigenvalue weighted by Gasteiger charge is 2.21. The second kappa shape index (κ2) is 9.21. The third-order valence-electron chi connectivity index (χ3n) is 5.28. The normalized spacial score (nSPS) is 15.4. The van der Waals surface area contributed by atoms with E-state index in [1.807, 2.05) is 32.0 Å². The van der Waals surface area contributed by atoms with E-state index < -0.39 is 0 Å². The number of aromatic nitrogens is 2. The summed E-state index contributed by atoms with van der Waals surface area (Å²) in [6.07, 6.45) is 5.44. The molecule has 0 radical (unpaired) electrons. The minimum absolute atomic E-state index is 0.340. The lowest BCUT2D eigenvalue weighted by atomic mass is 10.0. The van der Waals surface area contributed by atoms with Gasteiger partial charge in [0.2, 0.25) is 0 Å². The summed E-state index contributed by atoms with van der Waals surface area (Å²) in [4.78, 5) is 11.0. The van der Waals surface area contributed by atoms with Gasteiger partial charge in [0.25, 0.3) is 6.01 Å². The molecule has 1 aliphatic rings. The number of piperidine rings is 1. The Morgan fingerprint density at radius 1 is 1.17 bits per heavy atom. The van der Waals surface area contributed by atoms with Crippen LogP contribution in [-0.2, 0) is 6.54 Å². The number of likely N-dealkylation sites (tertiary alicyclic amines) is 1. The molecular weight excluding hydrogens is 382 g/mol. The molecule has 0 atom stereocenters. The topological polar surface area (TPSA) is 98.7 Å². The Balaban J connectivity index is 1.36. The number of nitrogens with zero attached hydrogens (tertiary/aromatic N) is 3. The quantitative estimate of drug-likeness (QED) is 0.542. The fraction of sp³-hybridized carbons (Fsp3) is 0.455. The average molecular weight is 412 g/mol. The van der Waals surface area contributed by atoms with E-state index in [0.717, 1.165) is 43.6 Å². The number of nitrogens with one attached hydrogen (secondary N) is 1. The lowest BCUT2D eigenvalue weighted by molar-refractivity contribution is 0.209. The van der Waals surface area contributed by atoms with Crippen molar-refractivity contribution in [2.24, 2.45) is 0 Å². The fourth-order valence-corrected chi connectivity index (χ4v) is 3.81. The average Bonchev–Trinajstić information content (AvgIpc) is 3.15. The standard InChI is InChI=1S/C22H29N5O3/c1-3-28-18-11-15(12-19(21(18)23)29-4-2)14-27-9-6-16(7-10-27)25-22-26-17-5-8-24-13-20(17)30-22/h5,8,11-13,16H,3-4,6-7,9-10,14,23H2,1-2H3,(H,25,26). The van der Waals surface area contributed by atoms with Crippen LogP contribution in [0.2, 0.25) is 0 Å². The zero-order valence-corrected chi connectivity index (χ0v) is 17.6. The van der Waals surface area contributed by atoms with Crippen LogP contribution >= 0.6 is 0 Å². The molecule has 30 heavy (non-hydrogen) atoms. The number of hydrogen-bond donors (Lipinski definition) is 2. The fourth-order valence-electron chi connectivity index (χ4n) is 3.81. The predicted molar refractivity (Wildman–Crippen MR) is 117 cm³/mol. The SMILES string of the molecule is CCOc1cc(CN2CCC(Nc3nc4ccncc4o3)CC2)cc(OCC)c1N. The van der Waals surface area contributed by atoms with Crippen LogP contribution in [0.5, 0.6) is 11.5 Å². The molecule has 1 saturated heterocycles. The van der Waals surface area contributed by atoms with Gasteiger partial charge >= 0.3 is 0 Å². The van der Waals surface area contributed by atoms with E-state index in [2.05, 4.69) is 20.2 Å². The van der Waals surface area contributed by atoms with Gasteiger partial charge in [-0.1, -0.05) is 0 Å². The van der Waals surface area contributed by atoms with Crippen LogP contribution in [0.4, 0.5) is 11.7 Å². The van der Waals surface area contributed by atoms with Crippen molar-refractivity contribution in [1.82, 2.24) is 14.9 Å². The highest BCUT2D eigenvalue weighted by atomic mass is 16.5. The number of pyridine rings is 1. The van der Waals surface area contributed by atoms with Gasteiger partial charge in [-0.2, -0.15) is 4.98 Å². The first kappa shape index (κ1) is 20.3. The summed E-state index contributed by atoms with van der Waals surface area (Å²) in [5.41, 5.74) is 9.43. The molecule has 1 aromatic carbocycles. The third kappa shape index (κ3) is 4.59. The summed E-state index contributed by atoms with van der Waals surface area (Å²) in [5, 5.41) is 3.43. The molecule has 1 fully saturated rings. The zero-order valence-electron chi connectivity index (χ0n) is 17.6. The highest BCUT2D eigenvalue weighted by Crippen LogP contribution is 2.34. The van der Waals surface area contributed by atoms with E-state index in [1.54, 1.807) is 12.4 Å². The Morgan fingerprint density at radius 3 is 2.50 bits per heavy atom. The number of rotatable bonds is 8. The highest BCUT2D eigenvalue weighted by molar-refractivity contribution is 5.72. The second-order valence-corrected chi connectivity index (χ2v) is 7.43. The van der Waals surface area contributed by atoms with Crippen LogP contribution in [0.1, 0.15) is 32.3 Å².